The summed E-state index contributed by atoms with van der Waals surface area (Å²) in [5.74, 6) is 0.484. The number of methoxy groups -OCH3 is 1. The zero-order chi connectivity index (χ0) is 8.81. The minimum atomic E-state index is 0.484. The molecule has 0 saturated carbocycles. The van der Waals surface area contributed by atoms with Crippen LogP contribution in [0.5, 0.6) is 0 Å². The van der Waals surface area contributed by atoms with Gasteiger partial charge in [-0.3, -0.25) is 0 Å². The Morgan fingerprint density at radius 3 is 2.33 bits per heavy atom. The topological polar surface area (TPSA) is 30.8 Å². The number of rotatable bonds is 2. The zero-order valence-electron chi connectivity index (χ0n) is 7.15. The first kappa shape index (κ1) is 8.59. The average molecular weight is 165 g/mol. The van der Waals surface area contributed by atoms with Crippen molar-refractivity contribution in [3.63, 3.8) is 0 Å². The summed E-state index contributed by atoms with van der Waals surface area (Å²) in [6.07, 6.45) is 0. The third-order valence-electron chi connectivity index (χ3n) is 1.39. The van der Waals surface area contributed by atoms with Gasteiger partial charge in [0.15, 0.2) is 0 Å². The second kappa shape index (κ2) is 4.38. The highest BCUT2D eigenvalue weighted by Gasteiger charge is 2.00. The molecule has 0 spiro atoms. The van der Waals surface area contributed by atoms with Crippen LogP contribution in [-0.4, -0.2) is 20.1 Å². The van der Waals surface area contributed by atoms with Crippen molar-refractivity contribution in [1.29, 1.82) is 0 Å². The lowest BCUT2D eigenvalue weighted by Gasteiger charge is -2.02. The molecule has 3 heteroatoms. The summed E-state index contributed by atoms with van der Waals surface area (Å²) in [7, 11) is 3.05. The third-order valence-corrected chi connectivity index (χ3v) is 1.39. The third kappa shape index (κ3) is 1.99. The average Bonchev–Trinajstić information content (AvgIpc) is 2.15. The Morgan fingerprint density at radius 2 is 1.83 bits per heavy atom. The van der Waals surface area contributed by atoms with Crippen LogP contribution in [-0.2, 0) is 9.57 Å². The van der Waals surface area contributed by atoms with Crippen molar-refractivity contribution in [3.05, 3.63) is 35.9 Å². The van der Waals surface area contributed by atoms with Crippen molar-refractivity contribution in [2.75, 3.05) is 14.2 Å². The van der Waals surface area contributed by atoms with E-state index in [9.17, 15) is 0 Å². The van der Waals surface area contributed by atoms with Crippen LogP contribution in [0, 0.1) is 0 Å². The molecule has 0 saturated heterocycles. The van der Waals surface area contributed by atoms with Crippen molar-refractivity contribution in [2.45, 2.75) is 0 Å². The van der Waals surface area contributed by atoms with Gasteiger partial charge in [0, 0.05) is 5.56 Å². The lowest BCUT2D eigenvalue weighted by atomic mass is 10.2. The Morgan fingerprint density at radius 1 is 1.17 bits per heavy atom. The smallest absolute Gasteiger partial charge is 0.257 e. The highest BCUT2D eigenvalue weighted by Crippen LogP contribution is 2.01. The molecule has 1 rings (SSSR count). The monoisotopic (exact) mass is 165 g/mol. The molecular formula is C9H11NO2. The van der Waals surface area contributed by atoms with Crippen molar-refractivity contribution in [2.24, 2.45) is 5.16 Å². The van der Waals surface area contributed by atoms with Crippen molar-refractivity contribution in [1.82, 2.24) is 0 Å². The molecule has 0 heterocycles. The Bertz CT molecular complexity index is 256. The molecule has 0 bridgehead atoms. The van der Waals surface area contributed by atoms with Crippen LogP contribution in [0.3, 0.4) is 0 Å². The van der Waals surface area contributed by atoms with Crippen LogP contribution in [0.15, 0.2) is 35.5 Å². The predicted octanol–water partition coefficient (Wildman–Crippen LogP) is 1.64. The lowest BCUT2D eigenvalue weighted by Crippen LogP contribution is -2.03. The summed E-state index contributed by atoms with van der Waals surface area (Å²) in [6.45, 7) is 0. The van der Waals surface area contributed by atoms with Crippen LogP contribution in [0.1, 0.15) is 5.56 Å². The van der Waals surface area contributed by atoms with Gasteiger partial charge in [-0.2, -0.15) is 0 Å². The maximum absolute atomic E-state index is 5.00. The van der Waals surface area contributed by atoms with E-state index in [1.807, 2.05) is 30.3 Å². The molecule has 0 fully saturated rings. The molecule has 1 aromatic rings. The summed E-state index contributed by atoms with van der Waals surface area (Å²) in [5, 5.41) is 3.71. The van der Waals surface area contributed by atoms with Gasteiger partial charge in [-0.15, -0.1) is 0 Å². The highest BCUT2D eigenvalue weighted by atomic mass is 16.6. The van der Waals surface area contributed by atoms with Crippen molar-refractivity contribution >= 4 is 5.90 Å². The fourth-order valence-electron chi connectivity index (χ4n) is 0.871. The van der Waals surface area contributed by atoms with Gasteiger partial charge in [-0.25, -0.2) is 0 Å². The molecule has 0 aliphatic heterocycles. The fourth-order valence-corrected chi connectivity index (χ4v) is 0.871. The zero-order valence-corrected chi connectivity index (χ0v) is 7.15. The van der Waals surface area contributed by atoms with Crippen LogP contribution < -0.4 is 0 Å². The minimum absolute atomic E-state index is 0.484. The van der Waals surface area contributed by atoms with Gasteiger partial charge < -0.3 is 9.57 Å². The number of oxime groups is 1. The normalized spacial score (nSPS) is 11.0. The Hall–Kier alpha value is -1.51. The van der Waals surface area contributed by atoms with Gasteiger partial charge in [0.25, 0.3) is 5.90 Å². The highest BCUT2D eigenvalue weighted by molar-refractivity contribution is 5.93. The molecule has 0 radical (unpaired) electrons. The summed E-state index contributed by atoms with van der Waals surface area (Å²) in [4.78, 5) is 4.61. The Labute approximate surface area is 71.6 Å². The van der Waals surface area contributed by atoms with E-state index < -0.39 is 0 Å². The molecule has 0 aromatic heterocycles. The van der Waals surface area contributed by atoms with Gasteiger partial charge in [-0.1, -0.05) is 18.2 Å². The van der Waals surface area contributed by atoms with Crippen molar-refractivity contribution < 1.29 is 9.57 Å². The lowest BCUT2D eigenvalue weighted by molar-refractivity contribution is 0.200. The maximum Gasteiger partial charge on any atom is 0.257 e. The number of hydrogen-bond acceptors (Lipinski definition) is 3. The number of nitrogens with zero attached hydrogens (tertiary/aromatic N) is 1. The first-order chi connectivity index (χ1) is 5.88. The Kier molecular flexibility index (Phi) is 3.14. The Balaban J connectivity index is 2.88. The number of ether oxygens (including phenoxy) is 1. The molecular weight excluding hydrogens is 154 g/mol. The molecule has 0 atom stereocenters. The van der Waals surface area contributed by atoms with Gasteiger partial charge in [0.2, 0.25) is 0 Å². The second-order valence-electron chi connectivity index (χ2n) is 2.15. The van der Waals surface area contributed by atoms with E-state index in [1.165, 1.54) is 7.11 Å². The second-order valence-corrected chi connectivity index (χ2v) is 2.15. The van der Waals surface area contributed by atoms with Gasteiger partial charge in [0.1, 0.15) is 7.11 Å². The van der Waals surface area contributed by atoms with Crippen LogP contribution in [0.4, 0.5) is 0 Å². The predicted molar refractivity (Wildman–Crippen MR) is 47.0 cm³/mol. The van der Waals surface area contributed by atoms with Gasteiger partial charge in [0.05, 0.1) is 7.11 Å². The van der Waals surface area contributed by atoms with E-state index >= 15 is 0 Å². The number of benzene rings is 1. The molecule has 0 unspecified atom stereocenters. The minimum Gasteiger partial charge on any atom is -0.479 e. The van der Waals surface area contributed by atoms with E-state index in [-0.39, 0.29) is 0 Å². The SMILES string of the molecule is CON=C(OC)c1ccccc1. The van der Waals surface area contributed by atoms with E-state index in [2.05, 4.69) is 9.99 Å². The molecule has 64 valence electrons. The number of hydrogen-bond donors (Lipinski definition) is 0. The quantitative estimate of drug-likeness (QED) is 0.379. The van der Waals surface area contributed by atoms with Crippen LogP contribution >= 0.6 is 0 Å². The molecule has 3 nitrogen and oxygen atoms in total. The standard InChI is InChI=1S/C9H11NO2/c1-11-9(10-12-2)8-6-4-3-5-7-8/h3-7H,1-2H3. The molecule has 0 N–H and O–H groups in total. The first-order valence-corrected chi connectivity index (χ1v) is 3.59. The molecule has 0 aliphatic carbocycles. The van der Waals surface area contributed by atoms with Crippen LogP contribution in [0.2, 0.25) is 0 Å². The van der Waals surface area contributed by atoms with E-state index in [0.717, 1.165) is 5.56 Å². The molecule has 0 aliphatic rings. The van der Waals surface area contributed by atoms with Gasteiger partial charge >= 0.3 is 0 Å². The fraction of sp³-hybridized carbons (Fsp3) is 0.222. The summed E-state index contributed by atoms with van der Waals surface area (Å²) in [6, 6.07) is 9.57. The van der Waals surface area contributed by atoms with E-state index in [4.69, 9.17) is 4.74 Å². The molecule has 1 aromatic carbocycles. The summed E-state index contributed by atoms with van der Waals surface area (Å²) in [5.41, 5.74) is 0.904. The van der Waals surface area contributed by atoms with Crippen molar-refractivity contribution in [3.8, 4) is 0 Å². The summed E-state index contributed by atoms with van der Waals surface area (Å²) < 4.78 is 5.00. The maximum atomic E-state index is 5.00. The van der Waals surface area contributed by atoms with E-state index in [0.29, 0.717) is 5.90 Å². The van der Waals surface area contributed by atoms with E-state index in [1.54, 1.807) is 7.11 Å². The largest absolute Gasteiger partial charge is 0.479 e. The summed E-state index contributed by atoms with van der Waals surface area (Å²) >= 11 is 0. The molecule has 0 amide bonds. The first-order valence-electron chi connectivity index (χ1n) is 3.59. The van der Waals surface area contributed by atoms with Gasteiger partial charge in [-0.05, 0) is 17.3 Å². The van der Waals surface area contributed by atoms with Crippen LogP contribution in [0.25, 0.3) is 0 Å². The molecule has 12 heavy (non-hydrogen) atoms.